The van der Waals surface area contributed by atoms with E-state index in [1.807, 2.05) is 26.8 Å². The number of halogens is 2. The van der Waals surface area contributed by atoms with Crippen molar-refractivity contribution in [2.45, 2.75) is 45.3 Å². The molecule has 0 spiro atoms. The number of nitrogens with zero attached hydrogens (tertiary/aromatic N) is 1. The van der Waals surface area contributed by atoms with E-state index in [0.29, 0.717) is 25.5 Å². The second kappa shape index (κ2) is 9.46. The molecule has 1 amide bonds. The molecule has 1 heterocycles. The number of hydrogen-bond donors (Lipinski definition) is 2. The Morgan fingerprint density at radius 1 is 1.30 bits per heavy atom. The lowest BCUT2D eigenvalue weighted by Gasteiger charge is -2.57. The maximum absolute atomic E-state index is 12.7. The molecule has 2 fully saturated rings. The molecule has 0 bridgehead atoms. The number of nitrogens with one attached hydrogen (secondary N) is 1. The lowest BCUT2D eigenvalue weighted by molar-refractivity contribution is -0.170. The van der Waals surface area contributed by atoms with E-state index in [0.717, 1.165) is 19.5 Å². The molecule has 5 nitrogen and oxygen atoms in total. The summed E-state index contributed by atoms with van der Waals surface area (Å²) < 4.78 is 5.71. The van der Waals surface area contributed by atoms with Crippen LogP contribution in [-0.4, -0.2) is 43.8 Å². The fourth-order valence-corrected chi connectivity index (χ4v) is 4.09. The Hall–Kier alpha value is -1.01. The van der Waals surface area contributed by atoms with E-state index < -0.39 is 5.54 Å². The van der Waals surface area contributed by atoms with E-state index in [2.05, 4.69) is 34.5 Å². The van der Waals surface area contributed by atoms with Gasteiger partial charge < -0.3 is 20.7 Å². The minimum absolute atomic E-state index is 0. The number of carbonyl (C=O) groups is 1. The summed E-state index contributed by atoms with van der Waals surface area (Å²) in [5, 5.41) is 3.11. The van der Waals surface area contributed by atoms with E-state index in [1.54, 1.807) is 0 Å². The van der Waals surface area contributed by atoms with Crippen LogP contribution in [0.5, 0.6) is 0 Å². The Morgan fingerprint density at radius 3 is 2.56 bits per heavy atom. The van der Waals surface area contributed by atoms with E-state index in [-0.39, 0.29) is 42.2 Å². The molecule has 0 radical (unpaired) electrons. The minimum atomic E-state index is -0.829. The normalized spacial score (nSPS) is 28.5. The third-order valence-electron chi connectivity index (χ3n) is 6.19. The Labute approximate surface area is 175 Å². The van der Waals surface area contributed by atoms with Crippen molar-refractivity contribution in [2.75, 3.05) is 31.1 Å². The second-order valence-corrected chi connectivity index (χ2v) is 7.99. The molecular formula is C20H33Cl2N3O2. The van der Waals surface area contributed by atoms with Crippen LogP contribution in [0.15, 0.2) is 30.3 Å². The highest BCUT2D eigenvalue weighted by atomic mass is 35.5. The molecule has 2 aliphatic rings. The van der Waals surface area contributed by atoms with Gasteiger partial charge in [0.1, 0.15) is 5.54 Å². The summed E-state index contributed by atoms with van der Waals surface area (Å²) in [6.07, 6.45) is 1.76. The largest absolute Gasteiger partial charge is 0.378 e. The molecule has 1 aromatic rings. The van der Waals surface area contributed by atoms with Gasteiger partial charge in [-0.05, 0) is 31.4 Å². The van der Waals surface area contributed by atoms with E-state index in [4.69, 9.17) is 10.5 Å². The van der Waals surface area contributed by atoms with Gasteiger partial charge in [0.2, 0.25) is 5.91 Å². The number of amides is 1. The molecule has 27 heavy (non-hydrogen) atoms. The minimum Gasteiger partial charge on any atom is -0.378 e. The number of rotatable bonds is 6. The molecule has 1 aliphatic carbocycles. The quantitative estimate of drug-likeness (QED) is 0.746. The summed E-state index contributed by atoms with van der Waals surface area (Å²) in [7, 11) is 0. The molecule has 1 saturated heterocycles. The summed E-state index contributed by atoms with van der Waals surface area (Å²) in [5.74, 6) is 0.435. The number of anilines is 1. The van der Waals surface area contributed by atoms with Gasteiger partial charge in [-0.3, -0.25) is 4.79 Å². The van der Waals surface area contributed by atoms with E-state index >= 15 is 0 Å². The zero-order valence-corrected chi connectivity index (χ0v) is 18.1. The molecule has 3 rings (SSSR count). The lowest BCUT2D eigenvalue weighted by atomic mass is 9.54. The number of carbonyl (C=O) groups excluding carboxylic acids is 1. The molecule has 7 heteroatoms. The van der Waals surface area contributed by atoms with Gasteiger partial charge in [-0.15, -0.1) is 24.8 Å². The van der Waals surface area contributed by atoms with Crippen molar-refractivity contribution in [1.82, 2.24) is 5.32 Å². The van der Waals surface area contributed by atoms with Gasteiger partial charge >= 0.3 is 0 Å². The summed E-state index contributed by atoms with van der Waals surface area (Å²) in [5.41, 5.74) is 6.54. The van der Waals surface area contributed by atoms with Gasteiger partial charge in [-0.25, -0.2) is 0 Å². The second-order valence-electron chi connectivity index (χ2n) is 7.99. The first-order valence-electron chi connectivity index (χ1n) is 9.37. The van der Waals surface area contributed by atoms with Crippen LogP contribution in [0, 0.1) is 11.3 Å². The predicted molar refractivity (Wildman–Crippen MR) is 115 cm³/mol. The van der Waals surface area contributed by atoms with Crippen LogP contribution >= 0.6 is 24.8 Å². The smallest absolute Gasteiger partial charge is 0.240 e. The van der Waals surface area contributed by atoms with Crippen LogP contribution in [-0.2, 0) is 9.53 Å². The fourth-order valence-electron chi connectivity index (χ4n) is 4.09. The first-order chi connectivity index (χ1) is 11.9. The van der Waals surface area contributed by atoms with Crippen LogP contribution < -0.4 is 16.0 Å². The van der Waals surface area contributed by atoms with Crippen LogP contribution in [0.3, 0.4) is 0 Å². The molecule has 3 unspecified atom stereocenters. The number of ether oxygens (including phenoxy) is 1. The van der Waals surface area contributed by atoms with E-state index in [9.17, 15) is 4.79 Å². The predicted octanol–water partition coefficient (Wildman–Crippen LogP) is 3.01. The molecule has 3 atom stereocenters. The highest BCUT2D eigenvalue weighted by Gasteiger charge is 2.62. The number of hydrogen-bond acceptors (Lipinski definition) is 4. The van der Waals surface area contributed by atoms with Crippen molar-refractivity contribution in [1.29, 1.82) is 0 Å². The number of nitrogens with two attached hydrogens (primary N) is 1. The van der Waals surface area contributed by atoms with Gasteiger partial charge in [0.25, 0.3) is 0 Å². The summed E-state index contributed by atoms with van der Waals surface area (Å²) >= 11 is 0. The zero-order valence-electron chi connectivity index (χ0n) is 16.4. The van der Waals surface area contributed by atoms with Gasteiger partial charge in [0.05, 0.1) is 6.10 Å². The number of benzene rings is 1. The third-order valence-corrected chi connectivity index (χ3v) is 6.19. The maximum Gasteiger partial charge on any atom is 0.240 e. The third kappa shape index (κ3) is 4.53. The Balaban J connectivity index is 0.00000182. The Morgan fingerprint density at radius 2 is 1.96 bits per heavy atom. The molecule has 154 valence electrons. The molecule has 1 aliphatic heterocycles. The molecule has 1 saturated carbocycles. The summed E-state index contributed by atoms with van der Waals surface area (Å²) in [6.45, 7) is 9.40. The maximum atomic E-state index is 12.7. The topological polar surface area (TPSA) is 67.6 Å². The van der Waals surface area contributed by atoms with Crippen molar-refractivity contribution in [3.05, 3.63) is 30.3 Å². The molecule has 3 N–H and O–H groups in total. The van der Waals surface area contributed by atoms with Crippen molar-refractivity contribution in [3.8, 4) is 0 Å². The Bertz CT molecular complexity index is 615. The summed E-state index contributed by atoms with van der Waals surface area (Å²) in [6, 6.07) is 10.4. The highest BCUT2D eigenvalue weighted by molar-refractivity contribution is 5.88. The van der Waals surface area contributed by atoms with Crippen molar-refractivity contribution >= 4 is 36.4 Å². The van der Waals surface area contributed by atoms with Gasteiger partial charge in [-0.1, -0.05) is 32.0 Å². The van der Waals surface area contributed by atoms with Crippen molar-refractivity contribution in [3.63, 3.8) is 0 Å². The zero-order chi connectivity index (χ0) is 18.1. The average Bonchev–Trinajstić information content (AvgIpc) is 3.09. The van der Waals surface area contributed by atoms with Crippen LogP contribution in [0.25, 0.3) is 0 Å². The fraction of sp³-hybridized carbons (Fsp3) is 0.650. The standard InChI is InChI=1S/C20H31N3O2.2ClH/c1-4-25-17-12-20(21,19(17,2)3)18(24)22-13-15-10-11-23(14-15)16-8-6-5-7-9-16;;/h5-9,15,17H,4,10-14,21H2,1-3H3,(H,22,24);2*1H. The molecular weight excluding hydrogens is 385 g/mol. The molecule has 1 aromatic carbocycles. The first kappa shape index (κ1) is 24.0. The Kier molecular flexibility index (Phi) is 8.42. The van der Waals surface area contributed by atoms with Crippen LogP contribution in [0.1, 0.15) is 33.6 Å². The van der Waals surface area contributed by atoms with Crippen molar-refractivity contribution in [2.24, 2.45) is 17.1 Å². The monoisotopic (exact) mass is 417 g/mol. The molecule has 0 aromatic heterocycles. The van der Waals surface area contributed by atoms with E-state index in [1.165, 1.54) is 5.69 Å². The van der Waals surface area contributed by atoms with Gasteiger partial charge in [0.15, 0.2) is 0 Å². The summed E-state index contributed by atoms with van der Waals surface area (Å²) in [4.78, 5) is 15.1. The number of para-hydroxylation sites is 1. The average molecular weight is 418 g/mol. The van der Waals surface area contributed by atoms with Crippen LogP contribution in [0.4, 0.5) is 5.69 Å². The highest BCUT2D eigenvalue weighted by Crippen LogP contribution is 2.49. The van der Waals surface area contributed by atoms with Gasteiger partial charge in [0, 0.05) is 43.8 Å². The SMILES string of the molecule is CCOC1CC(N)(C(=O)NCC2CCN(c3ccccc3)C2)C1(C)C.Cl.Cl. The van der Waals surface area contributed by atoms with Crippen LogP contribution in [0.2, 0.25) is 0 Å². The van der Waals surface area contributed by atoms with Gasteiger partial charge in [-0.2, -0.15) is 0 Å². The van der Waals surface area contributed by atoms with Crippen molar-refractivity contribution < 1.29 is 9.53 Å². The lowest BCUT2D eigenvalue weighted by Crippen LogP contribution is -2.75. The first-order valence-corrected chi connectivity index (χ1v) is 9.37.